The topological polar surface area (TPSA) is 49.4 Å². The minimum Gasteiger partial charge on any atom is -0.347 e. The minimum absolute atomic E-state index is 0.0331. The van der Waals surface area contributed by atoms with Crippen LogP contribution < -0.4 is 5.32 Å². The number of benzene rings is 2. The molecule has 0 radical (unpaired) electrons. The molecule has 0 atom stereocenters. The highest BCUT2D eigenvalue weighted by Crippen LogP contribution is 2.06. The molecule has 0 aliphatic rings. The summed E-state index contributed by atoms with van der Waals surface area (Å²) < 4.78 is 0. The van der Waals surface area contributed by atoms with Crippen molar-refractivity contribution < 1.29 is 9.59 Å². The number of amides is 2. The monoisotopic (exact) mass is 324 g/mol. The molecule has 0 aliphatic heterocycles. The molecule has 0 aliphatic carbocycles. The Morgan fingerprint density at radius 3 is 2.38 bits per heavy atom. The van der Waals surface area contributed by atoms with Crippen LogP contribution in [-0.4, -0.2) is 29.8 Å². The van der Waals surface area contributed by atoms with Crippen molar-refractivity contribution in [3.8, 4) is 0 Å². The summed E-state index contributed by atoms with van der Waals surface area (Å²) in [6.07, 6.45) is 0.291. The molecule has 126 valence electrons. The highest BCUT2D eigenvalue weighted by Gasteiger charge is 2.13. The standard InChI is InChI=1S/C20H24N2O2/c1-3-22(15-17-9-5-4-6-10-17)20(24)14-21-19(23)13-18-11-7-8-16(2)12-18/h4-12H,3,13-15H2,1-2H3,(H,21,23). The predicted molar refractivity (Wildman–Crippen MR) is 95.4 cm³/mol. The molecular formula is C20H24N2O2. The van der Waals surface area contributed by atoms with E-state index in [2.05, 4.69) is 5.32 Å². The van der Waals surface area contributed by atoms with Gasteiger partial charge in [0.2, 0.25) is 11.8 Å². The highest BCUT2D eigenvalue weighted by atomic mass is 16.2. The van der Waals surface area contributed by atoms with E-state index < -0.39 is 0 Å². The molecule has 0 spiro atoms. The first-order chi connectivity index (χ1) is 11.6. The van der Waals surface area contributed by atoms with Crippen LogP contribution in [0.2, 0.25) is 0 Å². The van der Waals surface area contributed by atoms with Crippen molar-refractivity contribution in [3.63, 3.8) is 0 Å². The van der Waals surface area contributed by atoms with Crippen molar-refractivity contribution in [2.24, 2.45) is 0 Å². The number of rotatable bonds is 7. The highest BCUT2D eigenvalue weighted by molar-refractivity contribution is 5.85. The van der Waals surface area contributed by atoms with Crippen LogP contribution in [0, 0.1) is 6.92 Å². The Labute approximate surface area is 143 Å². The average Bonchev–Trinajstić information content (AvgIpc) is 2.58. The quantitative estimate of drug-likeness (QED) is 0.851. The van der Waals surface area contributed by atoms with E-state index in [4.69, 9.17) is 0 Å². The van der Waals surface area contributed by atoms with Gasteiger partial charge >= 0.3 is 0 Å². The number of aryl methyl sites for hydroxylation is 1. The molecule has 0 saturated heterocycles. The number of carbonyl (C=O) groups excluding carboxylic acids is 2. The zero-order chi connectivity index (χ0) is 17.4. The zero-order valence-electron chi connectivity index (χ0n) is 14.3. The van der Waals surface area contributed by atoms with Crippen LogP contribution in [0.1, 0.15) is 23.6 Å². The van der Waals surface area contributed by atoms with Crippen molar-refractivity contribution in [1.82, 2.24) is 10.2 Å². The molecule has 0 bridgehead atoms. The molecule has 24 heavy (non-hydrogen) atoms. The first-order valence-corrected chi connectivity index (χ1v) is 8.22. The van der Waals surface area contributed by atoms with Crippen LogP contribution >= 0.6 is 0 Å². The molecule has 0 saturated carbocycles. The first-order valence-electron chi connectivity index (χ1n) is 8.22. The van der Waals surface area contributed by atoms with Gasteiger partial charge in [-0.05, 0) is 25.0 Å². The molecule has 2 aromatic rings. The molecule has 2 amide bonds. The van der Waals surface area contributed by atoms with Crippen molar-refractivity contribution in [3.05, 3.63) is 71.3 Å². The van der Waals surface area contributed by atoms with Gasteiger partial charge in [0.25, 0.3) is 0 Å². The fourth-order valence-corrected chi connectivity index (χ4v) is 2.54. The van der Waals surface area contributed by atoms with E-state index in [0.717, 1.165) is 16.7 Å². The van der Waals surface area contributed by atoms with Gasteiger partial charge in [0.05, 0.1) is 13.0 Å². The Morgan fingerprint density at radius 1 is 1.00 bits per heavy atom. The van der Waals surface area contributed by atoms with Crippen molar-refractivity contribution in [2.45, 2.75) is 26.8 Å². The van der Waals surface area contributed by atoms with Crippen LogP contribution in [-0.2, 0) is 22.6 Å². The van der Waals surface area contributed by atoms with E-state index in [-0.39, 0.29) is 18.4 Å². The number of hydrogen-bond donors (Lipinski definition) is 1. The summed E-state index contributed by atoms with van der Waals surface area (Å²) in [6, 6.07) is 17.7. The summed E-state index contributed by atoms with van der Waals surface area (Å²) in [5, 5.41) is 2.72. The number of likely N-dealkylation sites (N-methyl/N-ethyl adjacent to an activating group) is 1. The third-order valence-electron chi connectivity index (χ3n) is 3.83. The van der Waals surface area contributed by atoms with Gasteiger partial charge in [-0.15, -0.1) is 0 Å². The van der Waals surface area contributed by atoms with Crippen LogP contribution in [0.5, 0.6) is 0 Å². The summed E-state index contributed by atoms with van der Waals surface area (Å²) >= 11 is 0. The first kappa shape index (κ1) is 17.7. The van der Waals surface area contributed by atoms with Gasteiger partial charge in [0.1, 0.15) is 0 Å². The Balaban J connectivity index is 1.83. The summed E-state index contributed by atoms with van der Waals surface area (Å²) in [5.74, 6) is -0.205. The largest absolute Gasteiger partial charge is 0.347 e. The molecule has 0 fully saturated rings. The lowest BCUT2D eigenvalue weighted by Crippen LogP contribution is -2.40. The molecule has 0 unspecified atom stereocenters. The fraction of sp³-hybridized carbons (Fsp3) is 0.300. The maximum Gasteiger partial charge on any atom is 0.242 e. The van der Waals surface area contributed by atoms with Crippen molar-refractivity contribution >= 4 is 11.8 Å². The molecular weight excluding hydrogens is 300 g/mol. The smallest absolute Gasteiger partial charge is 0.242 e. The van der Waals surface area contributed by atoms with E-state index in [1.165, 1.54) is 0 Å². The van der Waals surface area contributed by atoms with Gasteiger partial charge in [-0.25, -0.2) is 0 Å². The lowest BCUT2D eigenvalue weighted by atomic mass is 10.1. The summed E-state index contributed by atoms with van der Waals surface area (Å²) in [4.78, 5) is 26.1. The lowest BCUT2D eigenvalue weighted by molar-refractivity contribution is -0.133. The summed E-state index contributed by atoms with van der Waals surface area (Å²) in [5.41, 5.74) is 3.16. The minimum atomic E-state index is -0.135. The molecule has 0 aromatic heterocycles. The summed E-state index contributed by atoms with van der Waals surface area (Å²) in [7, 11) is 0. The SMILES string of the molecule is CCN(Cc1ccccc1)C(=O)CNC(=O)Cc1cccc(C)c1. The van der Waals surface area contributed by atoms with Gasteiger partial charge in [0, 0.05) is 13.1 Å². The second-order valence-electron chi connectivity index (χ2n) is 5.84. The Kier molecular flexibility index (Phi) is 6.55. The maximum atomic E-state index is 12.3. The van der Waals surface area contributed by atoms with Crippen LogP contribution in [0.15, 0.2) is 54.6 Å². The fourth-order valence-electron chi connectivity index (χ4n) is 2.54. The lowest BCUT2D eigenvalue weighted by Gasteiger charge is -2.21. The molecule has 2 rings (SSSR count). The Bertz CT molecular complexity index is 683. The number of nitrogens with one attached hydrogen (secondary N) is 1. The van der Waals surface area contributed by atoms with Gasteiger partial charge in [0.15, 0.2) is 0 Å². The second kappa shape index (κ2) is 8.87. The van der Waals surface area contributed by atoms with Gasteiger partial charge < -0.3 is 10.2 Å². The molecule has 4 heteroatoms. The third-order valence-corrected chi connectivity index (χ3v) is 3.83. The van der Waals surface area contributed by atoms with Crippen LogP contribution in [0.25, 0.3) is 0 Å². The molecule has 0 heterocycles. The van der Waals surface area contributed by atoms with Crippen molar-refractivity contribution in [1.29, 1.82) is 0 Å². The maximum absolute atomic E-state index is 12.3. The number of nitrogens with zero attached hydrogens (tertiary/aromatic N) is 1. The van der Waals surface area contributed by atoms with Gasteiger partial charge in [-0.1, -0.05) is 60.2 Å². The second-order valence-corrected chi connectivity index (χ2v) is 5.84. The number of carbonyl (C=O) groups is 2. The Morgan fingerprint density at radius 2 is 1.71 bits per heavy atom. The van der Waals surface area contributed by atoms with Gasteiger partial charge in [-0.3, -0.25) is 9.59 Å². The normalized spacial score (nSPS) is 10.2. The zero-order valence-corrected chi connectivity index (χ0v) is 14.3. The van der Waals surface area contributed by atoms with E-state index in [9.17, 15) is 9.59 Å². The van der Waals surface area contributed by atoms with E-state index in [1.54, 1.807) is 4.90 Å². The van der Waals surface area contributed by atoms with E-state index in [1.807, 2.05) is 68.4 Å². The summed E-state index contributed by atoms with van der Waals surface area (Å²) in [6.45, 7) is 5.14. The number of hydrogen-bond acceptors (Lipinski definition) is 2. The van der Waals surface area contributed by atoms with Gasteiger partial charge in [-0.2, -0.15) is 0 Å². The third kappa shape index (κ3) is 5.54. The molecule has 1 N–H and O–H groups in total. The molecule has 4 nitrogen and oxygen atoms in total. The van der Waals surface area contributed by atoms with E-state index in [0.29, 0.717) is 19.5 Å². The van der Waals surface area contributed by atoms with E-state index >= 15 is 0 Å². The molecule has 2 aromatic carbocycles. The average molecular weight is 324 g/mol. The predicted octanol–water partition coefficient (Wildman–Crippen LogP) is 2.70. The van der Waals surface area contributed by atoms with Crippen LogP contribution in [0.3, 0.4) is 0 Å². The van der Waals surface area contributed by atoms with Crippen molar-refractivity contribution in [2.75, 3.05) is 13.1 Å². The Hall–Kier alpha value is -2.62. The van der Waals surface area contributed by atoms with Crippen LogP contribution in [0.4, 0.5) is 0 Å².